The fourth-order valence-corrected chi connectivity index (χ4v) is 4.91. The van der Waals surface area contributed by atoms with E-state index in [-0.39, 0.29) is 11.3 Å². The number of ether oxygens (including phenoxy) is 3. The van der Waals surface area contributed by atoms with Crippen LogP contribution in [0.3, 0.4) is 0 Å². The highest BCUT2D eigenvalue weighted by Crippen LogP contribution is 2.41. The van der Waals surface area contributed by atoms with E-state index in [0.29, 0.717) is 43.4 Å². The van der Waals surface area contributed by atoms with Gasteiger partial charge in [0.2, 0.25) is 0 Å². The van der Waals surface area contributed by atoms with Gasteiger partial charge in [0.25, 0.3) is 11.7 Å². The molecule has 1 amide bonds. The minimum Gasteiger partial charge on any atom is -0.507 e. The SMILES string of the molecule is COc1ccc(/C(O)=C2\C(=O)C(=O)N(CCN3CCOCC3)[C@H]2c2cccs2)cc1OC. The second-order valence-electron chi connectivity index (χ2n) is 7.53. The van der Waals surface area contributed by atoms with Crippen LogP contribution in [0, 0.1) is 0 Å². The molecule has 2 saturated heterocycles. The Morgan fingerprint density at radius 3 is 2.53 bits per heavy atom. The minimum atomic E-state index is -0.683. The molecule has 1 N–H and O–H groups in total. The van der Waals surface area contributed by atoms with E-state index in [1.165, 1.54) is 25.6 Å². The molecule has 4 rings (SSSR count). The highest BCUT2D eigenvalue weighted by Gasteiger charge is 2.46. The van der Waals surface area contributed by atoms with Crippen molar-refractivity contribution in [2.24, 2.45) is 0 Å². The maximum Gasteiger partial charge on any atom is 0.295 e. The molecule has 0 spiro atoms. The summed E-state index contributed by atoms with van der Waals surface area (Å²) in [5.41, 5.74) is 0.474. The number of hydrogen-bond acceptors (Lipinski definition) is 8. The molecule has 1 aromatic heterocycles. The number of hydrogen-bond donors (Lipinski definition) is 1. The van der Waals surface area contributed by atoms with Crippen LogP contribution in [0.1, 0.15) is 16.5 Å². The maximum atomic E-state index is 13.1. The zero-order valence-corrected chi connectivity index (χ0v) is 18.9. The molecular weight excluding hydrogens is 432 g/mol. The quantitative estimate of drug-likeness (QED) is 0.387. The summed E-state index contributed by atoms with van der Waals surface area (Å²) in [6, 6.07) is 8.01. The number of likely N-dealkylation sites (tertiary alicyclic amines) is 1. The van der Waals surface area contributed by atoms with Crippen molar-refractivity contribution in [3.63, 3.8) is 0 Å². The molecule has 0 bridgehead atoms. The molecule has 3 heterocycles. The number of methoxy groups -OCH3 is 2. The predicted molar refractivity (Wildman–Crippen MR) is 120 cm³/mol. The molecule has 0 aliphatic carbocycles. The number of ketones is 1. The van der Waals surface area contributed by atoms with E-state index in [9.17, 15) is 14.7 Å². The van der Waals surface area contributed by atoms with Gasteiger partial charge in [-0.05, 0) is 29.6 Å². The van der Waals surface area contributed by atoms with Crippen molar-refractivity contribution in [1.82, 2.24) is 9.80 Å². The first-order valence-corrected chi connectivity index (χ1v) is 11.3. The molecule has 2 aromatic rings. The number of carbonyl (C=O) groups excluding carboxylic acids is 2. The van der Waals surface area contributed by atoms with E-state index >= 15 is 0 Å². The number of Topliss-reactive ketones (excluding diaryl/α,β-unsaturated/α-hetero) is 1. The van der Waals surface area contributed by atoms with E-state index in [4.69, 9.17) is 14.2 Å². The van der Waals surface area contributed by atoms with Gasteiger partial charge in [0.1, 0.15) is 5.76 Å². The van der Waals surface area contributed by atoms with Crippen LogP contribution >= 0.6 is 11.3 Å². The second kappa shape index (κ2) is 9.72. The summed E-state index contributed by atoms with van der Waals surface area (Å²) in [6.45, 7) is 3.92. The lowest BCUT2D eigenvalue weighted by Gasteiger charge is -2.30. The average Bonchev–Trinajstić information content (AvgIpc) is 3.44. The summed E-state index contributed by atoms with van der Waals surface area (Å²) in [4.78, 5) is 30.7. The van der Waals surface area contributed by atoms with Gasteiger partial charge in [-0.1, -0.05) is 6.07 Å². The standard InChI is InChI=1S/C23H26N2O6S/c1-29-16-6-5-15(14-17(16)30-2)21(26)19-20(18-4-3-13-32-18)25(23(28)22(19)27)8-7-24-9-11-31-12-10-24/h3-6,13-14,20,26H,7-12H2,1-2H3/b21-19+/t20-/m0/s1. The molecule has 32 heavy (non-hydrogen) atoms. The number of morpholine rings is 1. The van der Waals surface area contributed by atoms with Crippen molar-refractivity contribution in [1.29, 1.82) is 0 Å². The van der Waals surface area contributed by atoms with E-state index in [1.54, 1.807) is 23.1 Å². The molecule has 2 aliphatic heterocycles. The topological polar surface area (TPSA) is 88.5 Å². The summed E-state index contributed by atoms with van der Waals surface area (Å²) in [6.07, 6.45) is 0. The number of carbonyl (C=O) groups is 2. The molecule has 1 aromatic carbocycles. The molecule has 170 valence electrons. The van der Waals surface area contributed by atoms with E-state index < -0.39 is 17.7 Å². The Kier molecular flexibility index (Phi) is 6.78. The molecule has 8 nitrogen and oxygen atoms in total. The average molecular weight is 459 g/mol. The van der Waals surface area contributed by atoms with Crippen molar-refractivity contribution >= 4 is 28.8 Å². The van der Waals surface area contributed by atoms with Gasteiger partial charge in [0.05, 0.1) is 39.0 Å². The molecule has 2 aliphatic rings. The van der Waals surface area contributed by atoms with Gasteiger partial charge in [0, 0.05) is 36.6 Å². The smallest absolute Gasteiger partial charge is 0.295 e. The Bertz CT molecular complexity index is 1010. The lowest BCUT2D eigenvalue weighted by molar-refractivity contribution is -0.140. The predicted octanol–water partition coefficient (Wildman–Crippen LogP) is 2.52. The van der Waals surface area contributed by atoms with Gasteiger partial charge in [-0.2, -0.15) is 0 Å². The third-order valence-corrected chi connectivity index (χ3v) is 6.70. The number of thiophene rings is 1. The fourth-order valence-electron chi connectivity index (χ4n) is 4.07. The third kappa shape index (κ3) is 4.23. The van der Waals surface area contributed by atoms with Gasteiger partial charge in [-0.25, -0.2) is 0 Å². The Morgan fingerprint density at radius 1 is 1.12 bits per heavy atom. The van der Waals surface area contributed by atoms with Gasteiger partial charge in [-0.3, -0.25) is 14.5 Å². The van der Waals surface area contributed by atoms with Crippen LogP contribution in [0.5, 0.6) is 11.5 Å². The zero-order valence-electron chi connectivity index (χ0n) is 18.1. The Labute approximate surface area is 190 Å². The molecule has 1 atom stereocenters. The van der Waals surface area contributed by atoms with Crippen LogP contribution in [0.4, 0.5) is 0 Å². The number of nitrogens with zero attached hydrogens (tertiary/aromatic N) is 2. The summed E-state index contributed by atoms with van der Waals surface area (Å²) in [5, 5.41) is 13.1. The van der Waals surface area contributed by atoms with Gasteiger partial charge in [0.15, 0.2) is 11.5 Å². The first kappa shape index (κ1) is 22.3. The molecule has 0 radical (unpaired) electrons. The zero-order chi connectivity index (χ0) is 22.7. The molecule has 0 saturated carbocycles. The normalized spacial score (nSPS) is 21.2. The first-order valence-electron chi connectivity index (χ1n) is 10.4. The van der Waals surface area contributed by atoms with Crippen molar-refractivity contribution in [2.75, 3.05) is 53.6 Å². The summed E-state index contributed by atoms with van der Waals surface area (Å²) in [5.74, 6) is -0.580. The van der Waals surface area contributed by atoms with E-state index in [0.717, 1.165) is 18.0 Å². The highest BCUT2D eigenvalue weighted by molar-refractivity contribution is 7.10. The van der Waals surface area contributed by atoms with Gasteiger partial charge in [-0.15, -0.1) is 11.3 Å². The first-order chi connectivity index (χ1) is 15.5. The maximum absolute atomic E-state index is 13.1. The lowest BCUT2D eigenvalue weighted by Crippen LogP contribution is -2.42. The van der Waals surface area contributed by atoms with E-state index in [1.807, 2.05) is 17.5 Å². The van der Waals surface area contributed by atoms with E-state index in [2.05, 4.69) is 4.90 Å². The molecular formula is C23H26N2O6S. The van der Waals surface area contributed by atoms with Crippen LogP contribution in [0.15, 0.2) is 41.3 Å². The number of benzene rings is 1. The van der Waals surface area contributed by atoms with Crippen LogP contribution in [-0.2, 0) is 14.3 Å². The minimum absolute atomic E-state index is 0.0895. The van der Waals surface area contributed by atoms with Crippen LogP contribution < -0.4 is 9.47 Å². The van der Waals surface area contributed by atoms with Crippen molar-refractivity contribution in [3.8, 4) is 11.5 Å². The number of aliphatic hydroxyl groups is 1. The van der Waals surface area contributed by atoms with Crippen molar-refractivity contribution in [3.05, 3.63) is 51.7 Å². The van der Waals surface area contributed by atoms with Crippen molar-refractivity contribution in [2.45, 2.75) is 6.04 Å². The highest BCUT2D eigenvalue weighted by atomic mass is 32.1. The van der Waals surface area contributed by atoms with Gasteiger partial charge < -0.3 is 24.2 Å². The second-order valence-corrected chi connectivity index (χ2v) is 8.51. The number of amides is 1. The summed E-state index contributed by atoms with van der Waals surface area (Å²) in [7, 11) is 3.02. The summed E-state index contributed by atoms with van der Waals surface area (Å²) < 4.78 is 16.0. The number of rotatable bonds is 7. The lowest BCUT2D eigenvalue weighted by atomic mass is 9.99. The Hall–Kier alpha value is -2.88. The monoisotopic (exact) mass is 458 g/mol. The van der Waals surface area contributed by atoms with Crippen molar-refractivity contribution < 1.29 is 28.9 Å². The largest absolute Gasteiger partial charge is 0.507 e. The number of aliphatic hydroxyl groups excluding tert-OH is 1. The fraction of sp³-hybridized carbons (Fsp3) is 0.391. The molecule has 2 fully saturated rings. The molecule has 0 unspecified atom stereocenters. The van der Waals surface area contributed by atoms with Crippen LogP contribution in [-0.4, -0.2) is 80.2 Å². The summed E-state index contributed by atoms with van der Waals surface area (Å²) >= 11 is 1.45. The Balaban J connectivity index is 1.71. The van der Waals surface area contributed by atoms with Crippen LogP contribution in [0.25, 0.3) is 5.76 Å². The third-order valence-electron chi connectivity index (χ3n) is 5.77. The van der Waals surface area contributed by atoms with Gasteiger partial charge >= 0.3 is 0 Å². The Morgan fingerprint density at radius 2 is 1.88 bits per heavy atom. The molecule has 9 heteroatoms. The van der Waals surface area contributed by atoms with Crippen LogP contribution in [0.2, 0.25) is 0 Å².